The maximum Gasteiger partial charge on any atom is 0.301 e. The molecule has 0 N–H and O–H groups in total. The second kappa shape index (κ2) is 3.11. The van der Waals surface area contributed by atoms with Crippen molar-refractivity contribution in [2.24, 2.45) is 0 Å². The van der Waals surface area contributed by atoms with Crippen molar-refractivity contribution >= 4 is 5.91 Å². The van der Waals surface area contributed by atoms with Crippen molar-refractivity contribution in [3.63, 3.8) is 0 Å². The van der Waals surface area contributed by atoms with Crippen LogP contribution in [0, 0.1) is 0 Å². The molecule has 1 aromatic heterocycles. The van der Waals surface area contributed by atoms with Crippen LogP contribution in [0.15, 0.2) is 10.8 Å². The van der Waals surface area contributed by atoms with Gasteiger partial charge in [-0.3, -0.25) is 9.63 Å². The monoisotopic (exact) mass is 157 g/mol. The highest BCUT2D eigenvalue weighted by Gasteiger charge is 2.14. The van der Waals surface area contributed by atoms with Crippen molar-refractivity contribution < 1.29 is 14.3 Å². The lowest BCUT2D eigenvalue weighted by Gasteiger charge is -2.09. The van der Waals surface area contributed by atoms with E-state index in [1.807, 2.05) is 0 Å². The fraction of sp³-hybridized carbons (Fsp3) is 0.400. The third-order valence-electron chi connectivity index (χ3n) is 1.14. The molecule has 0 unspecified atom stereocenters. The van der Waals surface area contributed by atoms with E-state index in [9.17, 15) is 4.79 Å². The second-order valence-electron chi connectivity index (χ2n) is 1.78. The quantitative estimate of drug-likeness (QED) is 0.551. The minimum absolute atomic E-state index is 0.120. The molecule has 0 atom stereocenters. The number of aromatic nitrogens is 2. The largest absolute Gasteiger partial charge is 0.301 e. The Morgan fingerprint density at radius 2 is 2.55 bits per heavy atom. The normalized spacial score (nSPS) is 9.64. The zero-order valence-electron chi connectivity index (χ0n) is 6.14. The molecule has 60 valence electrons. The Bertz CT molecular complexity index is 233. The maximum absolute atomic E-state index is 11.1. The highest BCUT2D eigenvalue weighted by molar-refractivity contribution is 5.90. The first kappa shape index (κ1) is 7.67. The first-order chi connectivity index (χ1) is 5.25. The van der Waals surface area contributed by atoms with Gasteiger partial charge in [0, 0.05) is 7.05 Å². The summed E-state index contributed by atoms with van der Waals surface area (Å²) >= 11 is 0. The number of nitrogens with zero attached hydrogens (tertiary/aromatic N) is 3. The zero-order valence-corrected chi connectivity index (χ0v) is 6.14. The average Bonchev–Trinajstić information content (AvgIpc) is 2.53. The first-order valence-electron chi connectivity index (χ1n) is 2.85. The number of hydrogen-bond acceptors (Lipinski definition) is 5. The molecule has 0 bridgehead atoms. The maximum atomic E-state index is 11.1. The van der Waals surface area contributed by atoms with Gasteiger partial charge in [-0.15, -0.1) is 0 Å². The number of carbonyl (C=O) groups is 1. The Balaban J connectivity index is 2.70. The van der Waals surface area contributed by atoms with Crippen LogP contribution in [0.25, 0.3) is 0 Å². The molecular formula is C5H7N3O3. The molecule has 0 aliphatic carbocycles. The Kier molecular flexibility index (Phi) is 2.17. The molecule has 1 heterocycles. The molecule has 0 spiro atoms. The summed E-state index contributed by atoms with van der Waals surface area (Å²) in [4.78, 5) is 15.7. The van der Waals surface area contributed by atoms with Gasteiger partial charge < -0.3 is 0 Å². The molecule has 1 amide bonds. The van der Waals surface area contributed by atoms with Gasteiger partial charge in [0.15, 0.2) is 5.69 Å². The van der Waals surface area contributed by atoms with E-state index in [0.717, 1.165) is 5.06 Å². The highest BCUT2D eigenvalue weighted by atomic mass is 16.7. The van der Waals surface area contributed by atoms with Gasteiger partial charge >= 0.3 is 5.91 Å². The van der Waals surface area contributed by atoms with Crippen LogP contribution in [0.1, 0.15) is 10.5 Å². The average molecular weight is 157 g/mol. The third kappa shape index (κ3) is 1.53. The lowest BCUT2D eigenvalue weighted by molar-refractivity contribution is -0.0762. The molecule has 0 aliphatic heterocycles. The summed E-state index contributed by atoms with van der Waals surface area (Å²) in [5.41, 5.74) is 0.120. The number of rotatable bonds is 2. The predicted octanol–water partition coefficient (Wildman–Crippen LogP) is -0.297. The van der Waals surface area contributed by atoms with Gasteiger partial charge in [-0.05, 0) is 5.16 Å². The van der Waals surface area contributed by atoms with E-state index in [1.165, 1.54) is 20.4 Å². The Labute approximate surface area is 62.7 Å². The van der Waals surface area contributed by atoms with Crippen molar-refractivity contribution in [2.75, 3.05) is 14.2 Å². The number of carbonyl (C=O) groups excluding carboxylic acids is 1. The van der Waals surface area contributed by atoms with E-state index in [-0.39, 0.29) is 5.69 Å². The SMILES string of the molecule is CON(C)C(=O)c1cnon1. The molecule has 0 saturated carbocycles. The summed E-state index contributed by atoms with van der Waals surface area (Å²) in [6, 6.07) is 0. The van der Waals surface area contributed by atoms with E-state index < -0.39 is 5.91 Å². The summed E-state index contributed by atoms with van der Waals surface area (Å²) in [7, 11) is 2.85. The van der Waals surface area contributed by atoms with Gasteiger partial charge in [-0.1, -0.05) is 5.16 Å². The van der Waals surface area contributed by atoms with Crippen molar-refractivity contribution in [1.29, 1.82) is 0 Å². The van der Waals surface area contributed by atoms with Crippen LogP contribution in [-0.4, -0.2) is 35.4 Å². The molecule has 0 aromatic carbocycles. The smallest absolute Gasteiger partial charge is 0.274 e. The Morgan fingerprint density at radius 3 is 3.00 bits per heavy atom. The molecule has 6 heteroatoms. The molecule has 6 nitrogen and oxygen atoms in total. The summed E-state index contributed by atoms with van der Waals surface area (Å²) in [5.74, 6) is -0.395. The molecule has 0 aliphatic rings. The van der Waals surface area contributed by atoms with Crippen LogP contribution < -0.4 is 0 Å². The van der Waals surface area contributed by atoms with E-state index in [0.29, 0.717) is 0 Å². The van der Waals surface area contributed by atoms with Crippen LogP contribution in [-0.2, 0) is 4.84 Å². The fourth-order valence-corrected chi connectivity index (χ4v) is 0.503. The minimum atomic E-state index is -0.395. The number of amides is 1. The number of hydrogen-bond donors (Lipinski definition) is 0. The topological polar surface area (TPSA) is 68.5 Å². The fourth-order valence-electron chi connectivity index (χ4n) is 0.503. The van der Waals surface area contributed by atoms with Crippen LogP contribution in [0.5, 0.6) is 0 Å². The Morgan fingerprint density at radius 1 is 1.82 bits per heavy atom. The Hall–Kier alpha value is -1.43. The lowest BCUT2D eigenvalue weighted by atomic mass is 10.4. The molecular weight excluding hydrogens is 150 g/mol. The minimum Gasteiger partial charge on any atom is -0.274 e. The van der Waals surface area contributed by atoms with Crippen molar-refractivity contribution in [3.8, 4) is 0 Å². The molecule has 0 fully saturated rings. The lowest BCUT2D eigenvalue weighted by Crippen LogP contribution is -2.25. The van der Waals surface area contributed by atoms with Gasteiger partial charge in [0.1, 0.15) is 6.20 Å². The van der Waals surface area contributed by atoms with E-state index in [1.54, 1.807) is 0 Å². The molecule has 1 rings (SSSR count). The van der Waals surface area contributed by atoms with E-state index >= 15 is 0 Å². The van der Waals surface area contributed by atoms with Gasteiger partial charge in [-0.2, -0.15) is 0 Å². The molecule has 0 saturated heterocycles. The van der Waals surface area contributed by atoms with Crippen LogP contribution in [0.2, 0.25) is 0 Å². The van der Waals surface area contributed by atoms with Crippen molar-refractivity contribution in [1.82, 2.24) is 15.4 Å². The number of hydroxylamine groups is 2. The summed E-state index contributed by atoms with van der Waals surface area (Å²) in [5, 5.41) is 7.63. The summed E-state index contributed by atoms with van der Waals surface area (Å²) < 4.78 is 4.23. The zero-order chi connectivity index (χ0) is 8.27. The van der Waals surface area contributed by atoms with Crippen LogP contribution in [0.3, 0.4) is 0 Å². The second-order valence-corrected chi connectivity index (χ2v) is 1.78. The van der Waals surface area contributed by atoms with Gasteiger partial charge in [0.25, 0.3) is 0 Å². The van der Waals surface area contributed by atoms with Crippen molar-refractivity contribution in [3.05, 3.63) is 11.9 Å². The molecule has 11 heavy (non-hydrogen) atoms. The van der Waals surface area contributed by atoms with Gasteiger partial charge in [0.2, 0.25) is 0 Å². The molecule has 1 aromatic rings. The standard InChI is InChI=1S/C5H7N3O3/c1-8(10-2)5(9)4-3-6-11-7-4/h3H,1-2H3. The first-order valence-corrected chi connectivity index (χ1v) is 2.85. The van der Waals surface area contributed by atoms with Crippen LogP contribution >= 0.6 is 0 Å². The van der Waals surface area contributed by atoms with Gasteiger partial charge in [-0.25, -0.2) is 9.69 Å². The van der Waals surface area contributed by atoms with Gasteiger partial charge in [0.05, 0.1) is 7.11 Å². The van der Waals surface area contributed by atoms with Crippen molar-refractivity contribution in [2.45, 2.75) is 0 Å². The molecule has 0 radical (unpaired) electrons. The van der Waals surface area contributed by atoms with Crippen LogP contribution in [0.4, 0.5) is 0 Å². The third-order valence-corrected chi connectivity index (χ3v) is 1.14. The van der Waals surface area contributed by atoms with E-state index in [2.05, 4.69) is 19.8 Å². The summed E-state index contributed by atoms with van der Waals surface area (Å²) in [6.07, 6.45) is 1.22. The predicted molar refractivity (Wildman–Crippen MR) is 33.4 cm³/mol. The van der Waals surface area contributed by atoms with E-state index in [4.69, 9.17) is 0 Å². The highest BCUT2D eigenvalue weighted by Crippen LogP contribution is 1.96. The summed E-state index contributed by atoms with van der Waals surface area (Å²) in [6.45, 7) is 0.